The highest BCUT2D eigenvalue weighted by Gasteiger charge is 2.25. The fourth-order valence-corrected chi connectivity index (χ4v) is 3.32. The van der Waals surface area contributed by atoms with Crippen LogP contribution in [0.1, 0.15) is 24.5 Å². The minimum absolute atomic E-state index is 0.229. The highest BCUT2D eigenvalue weighted by atomic mass is 16.3. The van der Waals surface area contributed by atoms with Crippen LogP contribution in [0.25, 0.3) is 22.5 Å². The molecule has 1 saturated heterocycles. The number of aromatic hydroxyl groups is 1. The maximum absolute atomic E-state index is 9.82. The van der Waals surface area contributed by atoms with E-state index in [1.54, 1.807) is 24.7 Å². The predicted molar refractivity (Wildman–Crippen MR) is 91.6 cm³/mol. The van der Waals surface area contributed by atoms with Crippen LogP contribution in [-0.4, -0.2) is 38.4 Å². The van der Waals surface area contributed by atoms with Gasteiger partial charge in [0.1, 0.15) is 17.8 Å². The molecule has 122 valence electrons. The Bertz CT molecular complexity index is 824. The van der Waals surface area contributed by atoms with Gasteiger partial charge in [0.2, 0.25) is 0 Å². The maximum Gasteiger partial charge on any atom is 0.116 e. The number of rotatable bonds is 3. The van der Waals surface area contributed by atoms with E-state index in [9.17, 15) is 5.11 Å². The molecular formula is C18H19N5O. The molecular weight excluding hydrogens is 302 g/mol. The smallest absolute Gasteiger partial charge is 0.116 e. The standard InChI is InChI=1S/C18H19N5O/c24-14-3-1-2-13(10-14)18-16(15-6-9-20-11-21-15)17(22-23-18)12-4-7-19-8-5-12/h1-3,6,9-12,19,24H,4-5,7-8H2,(H,22,23). The van der Waals surface area contributed by atoms with Crippen molar-refractivity contribution in [1.29, 1.82) is 0 Å². The lowest BCUT2D eigenvalue weighted by atomic mass is 9.89. The number of phenols is 1. The summed E-state index contributed by atoms with van der Waals surface area (Å²) >= 11 is 0. The molecule has 3 aromatic rings. The third kappa shape index (κ3) is 2.76. The topological polar surface area (TPSA) is 86.7 Å². The first-order valence-electron chi connectivity index (χ1n) is 8.17. The molecule has 0 aliphatic carbocycles. The lowest BCUT2D eigenvalue weighted by molar-refractivity contribution is 0.453. The van der Waals surface area contributed by atoms with E-state index in [2.05, 4.69) is 25.5 Å². The second-order valence-corrected chi connectivity index (χ2v) is 6.03. The van der Waals surface area contributed by atoms with Gasteiger partial charge in [0, 0.05) is 28.9 Å². The average Bonchev–Trinajstić information content (AvgIpc) is 3.08. The molecule has 1 aromatic carbocycles. The van der Waals surface area contributed by atoms with Gasteiger partial charge in [-0.15, -0.1) is 0 Å². The molecule has 4 rings (SSSR count). The minimum Gasteiger partial charge on any atom is -0.508 e. The number of nitrogens with one attached hydrogen (secondary N) is 2. The Morgan fingerprint density at radius 1 is 1.12 bits per heavy atom. The first kappa shape index (κ1) is 14.8. The number of aromatic amines is 1. The molecule has 6 heteroatoms. The number of hydrogen-bond acceptors (Lipinski definition) is 5. The van der Waals surface area contributed by atoms with Crippen molar-refractivity contribution < 1.29 is 5.11 Å². The summed E-state index contributed by atoms with van der Waals surface area (Å²) in [6.45, 7) is 2.02. The molecule has 0 radical (unpaired) electrons. The van der Waals surface area contributed by atoms with E-state index in [1.165, 1.54) is 0 Å². The molecule has 3 heterocycles. The van der Waals surface area contributed by atoms with Crippen molar-refractivity contribution in [1.82, 2.24) is 25.5 Å². The number of benzene rings is 1. The largest absolute Gasteiger partial charge is 0.508 e. The van der Waals surface area contributed by atoms with Crippen molar-refractivity contribution in [2.24, 2.45) is 0 Å². The van der Waals surface area contributed by atoms with Gasteiger partial charge in [-0.1, -0.05) is 12.1 Å². The maximum atomic E-state index is 9.82. The van der Waals surface area contributed by atoms with Gasteiger partial charge in [-0.3, -0.25) is 5.10 Å². The molecule has 0 atom stereocenters. The minimum atomic E-state index is 0.229. The number of phenolic OH excluding ortho intramolecular Hbond substituents is 1. The van der Waals surface area contributed by atoms with Gasteiger partial charge in [-0.25, -0.2) is 9.97 Å². The molecule has 2 aromatic heterocycles. The van der Waals surface area contributed by atoms with Crippen LogP contribution >= 0.6 is 0 Å². The first-order valence-corrected chi connectivity index (χ1v) is 8.17. The zero-order chi connectivity index (χ0) is 16.4. The van der Waals surface area contributed by atoms with E-state index < -0.39 is 0 Å². The quantitative estimate of drug-likeness (QED) is 0.690. The molecule has 1 aliphatic rings. The molecule has 1 aliphatic heterocycles. The highest BCUT2D eigenvalue weighted by molar-refractivity contribution is 5.81. The number of aromatic nitrogens is 4. The summed E-state index contributed by atoms with van der Waals surface area (Å²) in [6, 6.07) is 9.07. The van der Waals surface area contributed by atoms with E-state index in [-0.39, 0.29) is 5.75 Å². The fraction of sp³-hybridized carbons (Fsp3) is 0.278. The van der Waals surface area contributed by atoms with E-state index in [0.29, 0.717) is 5.92 Å². The number of hydrogen-bond donors (Lipinski definition) is 3. The third-order valence-corrected chi connectivity index (χ3v) is 4.50. The Labute approximate surface area is 140 Å². The molecule has 6 nitrogen and oxygen atoms in total. The van der Waals surface area contributed by atoms with Gasteiger partial charge in [0.15, 0.2) is 0 Å². The molecule has 0 unspecified atom stereocenters. The van der Waals surface area contributed by atoms with Gasteiger partial charge < -0.3 is 10.4 Å². The molecule has 3 N–H and O–H groups in total. The fourth-order valence-electron chi connectivity index (χ4n) is 3.32. The Balaban J connectivity index is 1.86. The van der Waals surface area contributed by atoms with Crippen molar-refractivity contribution in [3.8, 4) is 28.3 Å². The number of piperidine rings is 1. The van der Waals surface area contributed by atoms with Crippen LogP contribution in [0.15, 0.2) is 42.9 Å². The van der Waals surface area contributed by atoms with Crippen LogP contribution in [0.3, 0.4) is 0 Å². The predicted octanol–water partition coefficient (Wildman–Crippen LogP) is 2.71. The summed E-state index contributed by atoms with van der Waals surface area (Å²) in [5, 5.41) is 21.0. The summed E-state index contributed by atoms with van der Waals surface area (Å²) in [5.41, 5.74) is 4.67. The normalized spacial score (nSPS) is 15.5. The molecule has 1 fully saturated rings. The first-order chi connectivity index (χ1) is 11.8. The Kier molecular flexibility index (Phi) is 3.96. The van der Waals surface area contributed by atoms with Gasteiger partial charge in [0.05, 0.1) is 5.69 Å². The van der Waals surface area contributed by atoms with Crippen LogP contribution in [0.4, 0.5) is 0 Å². The lowest BCUT2D eigenvalue weighted by Crippen LogP contribution is -2.27. The van der Waals surface area contributed by atoms with Gasteiger partial charge in [-0.05, 0) is 44.1 Å². The van der Waals surface area contributed by atoms with E-state index in [0.717, 1.165) is 54.1 Å². The summed E-state index contributed by atoms with van der Waals surface area (Å²) in [5.74, 6) is 0.655. The SMILES string of the molecule is Oc1cccc(-c2n[nH]c(C3CCNCC3)c2-c2ccncn2)c1. The zero-order valence-electron chi connectivity index (χ0n) is 13.2. The summed E-state index contributed by atoms with van der Waals surface area (Å²) in [7, 11) is 0. The van der Waals surface area contributed by atoms with Crippen LogP contribution in [0.2, 0.25) is 0 Å². The highest BCUT2D eigenvalue weighted by Crippen LogP contribution is 2.38. The van der Waals surface area contributed by atoms with Crippen molar-refractivity contribution in [3.05, 3.63) is 48.5 Å². The van der Waals surface area contributed by atoms with Gasteiger partial charge in [0.25, 0.3) is 0 Å². The van der Waals surface area contributed by atoms with Crippen molar-refractivity contribution in [2.45, 2.75) is 18.8 Å². The van der Waals surface area contributed by atoms with Crippen molar-refractivity contribution in [3.63, 3.8) is 0 Å². The summed E-state index contributed by atoms with van der Waals surface area (Å²) < 4.78 is 0. The zero-order valence-corrected chi connectivity index (χ0v) is 13.2. The van der Waals surface area contributed by atoms with Crippen LogP contribution in [0.5, 0.6) is 5.75 Å². The number of nitrogens with zero attached hydrogens (tertiary/aromatic N) is 3. The van der Waals surface area contributed by atoms with Gasteiger partial charge in [-0.2, -0.15) is 5.10 Å². The molecule has 24 heavy (non-hydrogen) atoms. The van der Waals surface area contributed by atoms with Gasteiger partial charge >= 0.3 is 0 Å². The lowest BCUT2D eigenvalue weighted by Gasteiger charge is -2.22. The van der Waals surface area contributed by atoms with E-state index >= 15 is 0 Å². The Morgan fingerprint density at radius 2 is 2.00 bits per heavy atom. The monoisotopic (exact) mass is 321 g/mol. The second-order valence-electron chi connectivity index (χ2n) is 6.03. The van der Waals surface area contributed by atoms with Crippen molar-refractivity contribution in [2.75, 3.05) is 13.1 Å². The van der Waals surface area contributed by atoms with Crippen LogP contribution in [-0.2, 0) is 0 Å². The molecule has 0 saturated carbocycles. The number of H-pyrrole nitrogens is 1. The molecule has 0 amide bonds. The van der Waals surface area contributed by atoms with E-state index in [4.69, 9.17) is 0 Å². The average molecular weight is 321 g/mol. The second kappa shape index (κ2) is 6.41. The Morgan fingerprint density at radius 3 is 2.75 bits per heavy atom. The Hall–Kier alpha value is -2.73. The van der Waals surface area contributed by atoms with Crippen LogP contribution in [0, 0.1) is 0 Å². The molecule has 0 spiro atoms. The summed E-state index contributed by atoms with van der Waals surface area (Å²) in [4.78, 5) is 8.46. The van der Waals surface area contributed by atoms with E-state index in [1.807, 2.05) is 18.2 Å². The summed E-state index contributed by atoms with van der Waals surface area (Å²) in [6.07, 6.45) is 5.44. The van der Waals surface area contributed by atoms with Crippen molar-refractivity contribution >= 4 is 0 Å². The third-order valence-electron chi connectivity index (χ3n) is 4.50. The molecule has 0 bridgehead atoms. The van der Waals surface area contributed by atoms with Crippen LogP contribution < -0.4 is 5.32 Å².